The van der Waals surface area contributed by atoms with Crippen molar-refractivity contribution in [3.8, 4) is 0 Å². The number of carbonyl (C=O) groups excluding carboxylic acids is 1. The number of nitrogens with one attached hydrogen (secondary N) is 3. The second-order valence-corrected chi connectivity index (χ2v) is 9.89. The highest BCUT2D eigenvalue weighted by Gasteiger charge is 2.33. The van der Waals surface area contributed by atoms with Crippen molar-refractivity contribution in [2.24, 2.45) is 5.41 Å². The average Bonchev–Trinajstić information content (AvgIpc) is 2.91. The molecule has 0 fully saturated rings. The quantitative estimate of drug-likeness (QED) is 0.207. The summed E-state index contributed by atoms with van der Waals surface area (Å²) in [6.07, 6.45) is 1.67. The van der Waals surface area contributed by atoms with E-state index in [2.05, 4.69) is 42.7 Å². The molecule has 4 aromatic rings. The number of rotatable bonds is 10. The van der Waals surface area contributed by atoms with Crippen LogP contribution in [0.1, 0.15) is 42.0 Å². The fourth-order valence-corrected chi connectivity index (χ4v) is 4.70. The maximum atomic E-state index is 13.3. The van der Waals surface area contributed by atoms with Gasteiger partial charge in [0.05, 0.1) is 6.42 Å². The predicted octanol–water partition coefficient (Wildman–Crippen LogP) is 7.08. The van der Waals surface area contributed by atoms with Gasteiger partial charge in [0.2, 0.25) is 5.91 Å². The van der Waals surface area contributed by atoms with Gasteiger partial charge in [-0.25, -0.2) is 4.39 Å². The molecule has 0 radical (unpaired) electrons. The van der Waals surface area contributed by atoms with E-state index in [9.17, 15) is 9.18 Å². The molecule has 3 N–H and O–H groups in total. The first-order valence-corrected chi connectivity index (χ1v) is 12.4. The van der Waals surface area contributed by atoms with Crippen LogP contribution in [0.5, 0.6) is 0 Å². The number of benzene rings is 4. The molecule has 37 heavy (non-hydrogen) atoms. The molecule has 188 valence electrons. The maximum absolute atomic E-state index is 13.3. The highest BCUT2D eigenvalue weighted by molar-refractivity contribution is 5.88. The Labute approximate surface area is 218 Å². The minimum atomic E-state index is -0.321. The van der Waals surface area contributed by atoms with Crippen LogP contribution in [0.3, 0.4) is 0 Å². The summed E-state index contributed by atoms with van der Waals surface area (Å²) in [6.45, 7) is 4.80. The molecule has 5 heteroatoms. The SMILES string of the molecule is CC(C)(CNC(=O)Cc1ccccc1)[C@@H](c1ccccc1)c1ccc(Nc2ccc(F)cc2)c(C=N)c1. The van der Waals surface area contributed by atoms with Gasteiger partial charge in [-0.1, -0.05) is 80.6 Å². The standard InChI is InChI=1S/C32H32FN3O/c1-32(2,22-35-30(37)19-23-9-5-3-6-10-23)31(24-11-7-4-8-12-24)25-13-18-29(26(20-25)21-34)36-28-16-14-27(33)15-17-28/h3-18,20-21,31,34,36H,19,22H2,1-2H3,(H,35,37)/t31-/m0/s1. The normalized spacial score (nSPS) is 12.0. The van der Waals surface area contributed by atoms with E-state index >= 15 is 0 Å². The number of anilines is 2. The van der Waals surface area contributed by atoms with E-state index in [1.54, 1.807) is 12.1 Å². The van der Waals surface area contributed by atoms with Crippen molar-refractivity contribution in [3.63, 3.8) is 0 Å². The van der Waals surface area contributed by atoms with Gasteiger partial charge >= 0.3 is 0 Å². The lowest BCUT2D eigenvalue weighted by molar-refractivity contribution is -0.120. The Morgan fingerprint density at radius 3 is 2.19 bits per heavy atom. The molecule has 0 bridgehead atoms. The molecule has 4 rings (SSSR count). The first-order valence-electron chi connectivity index (χ1n) is 12.4. The van der Waals surface area contributed by atoms with Gasteiger partial charge in [-0.3, -0.25) is 4.79 Å². The van der Waals surface area contributed by atoms with Crippen molar-refractivity contribution in [1.82, 2.24) is 5.32 Å². The van der Waals surface area contributed by atoms with E-state index in [0.717, 1.165) is 33.6 Å². The van der Waals surface area contributed by atoms with Gasteiger partial charge in [-0.2, -0.15) is 0 Å². The molecule has 0 heterocycles. The minimum absolute atomic E-state index is 0.00915. The molecule has 0 aromatic heterocycles. The Bertz CT molecular complexity index is 1340. The molecule has 0 aliphatic rings. The van der Waals surface area contributed by atoms with E-state index in [-0.39, 0.29) is 23.1 Å². The topological polar surface area (TPSA) is 65.0 Å². The van der Waals surface area contributed by atoms with E-state index in [1.807, 2.05) is 60.7 Å². The van der Waals surface area contributed by atoms with Crippen molar-refractivity contribution in [3.05, 3.63) is 131 Å². The molecule has 0 aliphatic carbocycles. The zero-order valence-electron chi connectivity index (χ0n) is 21.2. The van der Waals surface area contributed by atoms with E-state index < -0.39 is 0 Å². The molecule has 0 spiro atoms. The summed E-state index contributed by atoms with van der Waals surface area (Å²) in [5, 5.41) is 14.5. The molecular weight excluding hydrogens is 461 g/mol. The van der Waals surface area contributed by atoms with Gasteiger partial charge < -0.3 is 16.0 Å². The molecule has 0 unspecified atom stereocenters. The summed E-state index contributed by atoms with van der Waals surface area (Å²) >= 11 is 0. The summed E-state index contributed by atoms with van der Waals surface area (Å²) in [6, 6.07) is 32.2. The van der Waals surface area contributed by atoms with Crippen LogP contribution in [0.2, 0.25) is 0 Å². The highest BCUT2D eigenvalue weighted by Crippen LogP contribution is 2.41. The van der Waals surface area contributed by atoms with Crippen LogP contribution in [0, 0.1) is 16.6 Å². The largest absolute Gasteiger partial charge is 0.355 e. The first kappa shape index (κ1) is 25.8. The second-order valence-electron chi connectivity index (χ2n) is 9.89. The number of hydrogen-bond acceptors (Lipinski definition) is 3. The van der Waals surface area contributed by atoms with Gasteiger partial charge in [0.25, 0.3) is 0 Å². The van der Waals surface area contributed by atoms with Crippen molar-refractivity contribution in [2.75, 3.05) is 11.9 Å². The van der Waals surface area contributed by atoms with E-state index in [1.165, 1.54) is 18.3 Å². The summed E-state index contributed by atoms with van der Waals surface area (Å²) in [4.78, 5) is 12.7. The van der Waals surface area contributed by atoms with Gasteiger partial charge in [-0.05, 0) is 58.5 Å². The monoisotopic (exact) mass is 493 g/mol. The number of hydrogen-bond donors (Lipinski definition) is 3. The molecule has 1 amide bonds. The van der Waals surface area contributed by atoms with Crippen molar-refractivity contribution < 1.29 is 9.18 Å². The smallest absolute Gasteiger partial charge is 0.224 e. The van der Waals surface area contributed by atoms with Crippen LogP contribution in [0.15, 0.2) is 103 Å². The Hall–Kier alpha value is -4.25. The van der Waals surface area contributed by atoms with Crippen LogP contribution in [-0.4, -0.2) is 18.7 Å². The summed E-state index contributed by atoms with van der Waals surface area (Å²) < 4.78 is 13.3. The molecule has 0 saturated heterocycles. The molecule has 4 nitrogen and oxygen atoms in total. The van der Waals surface area contributed by atoms with Gasteiger partial charge in [0.15, 0.2) is 0 Å². The Morgan fingerprint density at radius 2 is 1.54 bits per heavy atom. The zero-order chi connectivity index (χ0) is 26.3. The van der Waals surface area contributed by atoms with Crippen molar-refractivity contribution in [2.45, 2.75) is 26.2 Å². The molecule has 4 aromatic carbocycles. The minimum Gasteiger partial charge on any atom is -0.355 e. The Morgan fingerprint density at radius 1 is 0.892 bits per heavy atom. The van der Waals surface area contributed by atoms with E-state index in [0.29, 0.717) is 13.0 Å². The van der Waals surface area contributed by atoms with Crippen LogP contribution in [-0.2, 0) is 11.2 Å². The van der Waals surface area contributed by atoms with Crippen LogP contribution in [0.4, 0.5) is 15.8 Å². The second kappa shape index (κ2) is 11.7. The van der Waals surface area contributed by atoms with Crippen molar-refractivity contribution >= 4 is 23.5 Å². The zero-order valence-corrected chi connectivity index (χ0v) is 21.2. The first-order chi connectivity index (χ1) is 17.9. The third kappa shape index (κ3) is 6.70. The van der Waals surface area contributed by atoms with Crippen molar-refractivity contribution in [1.29, 1.82) is 5.41 Å². The Kier molecular flexibility index (Phi) is 8.14. The lowest BCUT2D eigenvalue weighted by Gasteiger charge is -2.36. The van der Waals surface area contributed by atoms with Crippen LogP contribution in [0.25, 0.3) is 0 Å². The molecule has 1 atom stereocenters. The molecule has 0 saturated carbocycles. The molecular formula is C32H32FN3O. The van der Waals surface area contributed by atoms with E-state index in [4.69, 9.17) is 5.41 Å². The number of amides is 1. The lowest BCUT2D eigenvalue weighted by Crippen LogP contribution is -2.38. The average molecular weight is 494 g/mol. The fourth-order valence-electron chi connectivity index (χ4n) is 4.70. The van der Waals surface area contributed by atoms with Crippen LogP contribution < -0.4 is 10.6 Å². The van der Waals surface area contributed by atoms with Gasteiger partial charge in [-0.15, -0.1) is 0 Å². The summed E-state index contributed by atoms with van der Waals surface area (Å²) in [5.41, 5.74) is 5.10. The summed E-state index contributed by atoms with van der Waals surface area (Å²) in [7, 11) is 0. The maximum Gasteiger partial charge on any atom is 0.224 e. The van der Waals surface area contributed by atoms with Gasteiger partial charge in [0, 0.05) is 35.6 Å². The lowest BCUT2D eigenvalue weighted by atomic mass is 9.71. The summed E-state index contributed by atoms with van der Waals surface area (Å²) in [5.74, 6) is -0.327. The Balaban J connectivity index is 1.59. The predicted molar refractivity (Wildman–Crippen MR) is 149 cm³/mol. The third-order valence-electron chi connectivity index (χ3n) is 6.55. The fraction of sp³-hybridized carbons (Fsp3) is 0.188. The third-order valence-corrected chi connectivity index (χ3v) is 6.55. The van der Waals surface area contributed by atoms with Crippen LogP contribution >= 0.6 is 0 Å². The number of halogens is 1. The number of carbonyl (C=O) groups is 1. The highest BCUT2D eigenvalue weighted by atomic mass is 19.1. The van der Waals surface area contributed by atoms with Gasteiger partial charge in [0.1, 0.15) is 5.82 Å². The molecule has 0 aliphatic heterocycles.